The predicted molar refractivity (Wildman–Crippen MR) is 88.8 cm³/mol. The van der Waals surface area contributed by atoms with E-state index in [1.54, 1.807) is 24.3 Å². The maximum absolute atomic E-state index is 12.4. The molecular weight excluding hydrogens is 276 g/mol. The second kappa shape index (κ2) is 6.77. The van der Waals surface area contributed by atoms with E-state index in [-0.39, 0.29) is 17.9 Å². The number of hydrogen-bond acceptors (Lipinski definition) is 2. The molecule has 2 amide bonds. The van der Waals surface area contributed by atoms with Gasteiger partial charge in [-0.3, -0.25) is 9.59 Å². The number of carbonyl (C=O) groups is 2. The standard InChI is InChI=1S/C18H24N2O2/c1-11(2)17(12(3)14-5-6-14)20-18(22)15-7-9-16(10-8-15)19-13(4)21/h7-11,17H,5-6H2,1-4H3,(H,19,21)(H,20,22). The van der Waals surface area contributed by atoms with Gasteiger partial charge in [-0.25, -0.2) is 0 Å². The summed E-state index contributed by atoms with van der Waals surface area (Å²) in [6.45, 7) is 7.82. The van der Waals surface area contributed by atoms with Gasteiger partial charge < -0.3 is 10.6 Å². The molecule has 1 aliphatic carbocycles. The summed E-state index contributed by atoms with van der Waals surface area (Å²) in [5.74, 6) is 0.160. The minimum absolute atomic E-state index is 0.0753. The van der Waals surface area contributed by atoms with E-state index >= 15 is 0 Å². The third-order valence-electron chi connectivity index (χ3n) is 3.94. The van der Waals surface area contributed by atoms with Crippen LogP contribution in [0.3, 0.4) is 0 Å². The van der Waals surface area contributed by atoms with E-state index in [4.69, 9.17) is 0 Å². The smallest absolute Gasteiger partial charge is 0.251 e. The van der Waals surface area contributed by atoms with Crippen LogP contribution in [0.1, 0.15) is 50.9 Å². The SMILES string of the molecule is CC(=O)Nc1ccc(C(=O)NC(C(C)=C2CC2)C(C)C)cc1. The lowest BCUT2D eigenvalue weighted by Crippen LogP contribution is -2.39. The maximum atomic E-state index is 12.4. The zero-order valence-electron chi connectivity index (χ0n) is 13.7. The van der Waals surface area contributed by atoms with Crippen LogP contribution in [0.15, 0.2) is 35.4 Å². The van der Waals surface area contributed by atoms with Gasteiger partial charge in [-0.1, -0.05) is 25.0 Å². The van der Waals surface area contributed by atoms with Crippen LogP contribution in [-0.2, 0) is 4.79 Å². The van der Waals surface area contributed by atoms with Gasteiger partial charge in [0.25, 0.3) is 5.91 Å². The number of amides is 2. The Bertz CT molecular complexity index is 594. The Hall–Kier alpha value is -2.10. The predicted octanol–water partition coefficient (Wildman–Crippen LogP) is 3.51. The lowest BCUT2D eigenvalue weighted by atomic mass is 9.95. The number of benzene rings is 1. The summed E-state index contributed by atoms with van der Waals surface area (Å²) in [6.07, 6.45) is 2.33. The molecule has 1 aromatic carbocycles. The number of nitrogens with one attached hydrogen (secondary N) is 2. The van der Waals surface area contributed by atoms with Crippen LogP contribution in [0.5, 0.6) is 0 Å². The van der Waals surface area contributed by atoms with Crippen LogP contribution >= 0.6 is 0 Å². The van der Waals surface area contributed by atoms with Crippen molar-refractivity contribution in [2.24, 2.45) is 5.92 Å². The highest BCUT2D eigenvalue weighted by Crippen LogP contribution is 2.34. The lowest BCUT2D eigenvalue weighted by molar-refractivity contribution is -0.114. The van der Waals surface area contributed by atoms with Gasteiger partial charge in [0.2, 0.25) is 5.91 Å². The van der Waals surface area contributed by atoms with Crippen LogP contribution in [0.2, 0.25) is 0 Å². The number of hydrogen-bond donors (Lipinski definition) is 2. The van der Waals surface area contributed by atoms with Crippen LogP contribution in [0, 0.1) is 5.92 Å². The van der Waals surface area contributed by atoms with E-state index < -0.39 is 0 Å². The van der Waals surface area contributed by atoms with Gasteiger partial charge in [0, 0.05) is 18.2 Å². The Kier molecular flexibility index (Phi) is 5.01. The van der Waals surface area contributed by atoms with Crippen molar-refractivity contribution in [3.8, 4) is 0 Å². The molecule has 0 radical (unpaired) electrons. The van der Waals surface area contributed by atoms with Crippen molar-refractivity contribution in [3.05, 3.63) is 41.0 Å². The van der Waals surface area contributed by atoms with Crippen molar-refractivity contribution in [2.75, 3.05) is 5.32 Å². The maximum Gasteiger partial charge on any atom is 0.251 e. The molecule has 0 saturated heterocycles. The van der Waals surface area contributed by atoms with Crippen LogP contribution in [0.4, 0.5) is 5.69 Å². The van der Waals surface area contributed by atoms with E-state index in [1.165, 1.54) is 18.1 Å². The van der Waals surface area contributed by atoms with Crippen molar-refractivity contribution in [1.29, 1.82) is 0 Å². The number of allylic oxidation sites excluding steroid dienone is 1. The first-order chi connectivity index (χ1) is 10.4. The monoisotopic (exact) mass is 300 g/mol. The number of anilines is 1. The molecule has 4 heteroatoms. The molecule has 0 bridgehead atoms. The molecule has 118 valence electrons. The van der Waals surface area contributed by atoms with E-state index in [9.17, 15) is 9.59 Å². The first-order valence-electron chi connectivity index (χ1n) is 7.75. The summed E-state index contributed by atoms with van der Waals surface area (Å²) in [6, 6.07) is 7.04. The fourth-order valence-electron chi connectivity index (χ4n) is 2.58. The highest BCUT2D eigenvalue weighted by molar-refractivity contribution is 5.95. The normalized spacial score (nSPS) is 14.5. The highest BCUT2D eigenvalue weighted by Gasteiger charge is 2.25. The van der Waals surface area contributed by atoms with Gasteiger partial charge in [0.15, 0.2) is 0 Å². The first kappa shape index (κ1) is 16.3. The van der Waals surface area contributed by atoms with Crippen molar-refractivity contribution in [3.63, 3.8) is 0 Å². The molecule has 1 unspecified atom stereocenters. The second-order valence-electron chi connectivity index (χ2n) is 6.24. The summed E-state index contributed by atoms with van der Waals surface area (Å²) < 4.78 is 0. The Morgan fingerprint density at radius 1 is 1.05 bits per heavy atom. The van der Waals surface area contributed by atoms with Crippen LogP contribution in [-0.4, -0.2) is 17.9 Å². The molecule has 1 fully saturated rings. The Labute approximate surface area is 132 Å². The highest BCUT2D eigenvalue weighted by atomic mass is 16.2. The Balaban J connectivity index is 2.07. The van der Waals surface area contributed by atoms with E-state index in [0.717, 1.165) is 12.8 Å². The van der Waals surface area contributed by atoms with Gasteiger partial charge in [0.05, 0.1) is 6.04 Å². The fourth-order valence-corrected chi connectivity index (χ4v) is 2.58. The lowest BCUT2D eigenvalue weighted by Gasteiger charge is -2.23. The minimum Gasteiger partial charge on any atom is -0.345 e. The van der Waals surface area contributed by atoms with Crippen molar-refractivity contribution in [1.82, 2.24) is 5.32 Å². The number of carbonyl (C=O) groups excluding carboxylic acids is 2. The molecule has 1 atom stereocenters. The van der Waals surface area contributed by atoms with Gasteiger partial charge >= 0.3 is 0 Å². The van der Waals surface area contributed by atoms with Crippen molar-refractivity contribution >= 4 is 17.5 Å². The average molecular weight is 300 g/mol. The third kappa shape index (κ3) is 4.20. The third-order valence-corrected chi connectivity index (χ3v) is 3.94. The average Bonchev–Trinajstić information content (AvgIpc) is 3.28. The molecule has 0 spiro atoms. The second-order valence-corrected chi connectivity index (χ2v) is 6.24. The molecule has 2 rings (SSSR count). The summed E-state index contributed by atoms with van der Waals surface area (Å²) in [4.78, 5) is 23.4. The van der Waals surface area contributed by atoms with Crippen LogP contribution in [0.25, 0.3) is 0 Å². The Morgan fingerprint density at radius 2 is 1.64 bits per heavy atom. The first-order valence-corrected chi connectivity index (χ1v) is 7.75. The summed E-state index contributed by atoms with van der Waals surface area (Å²) >= 11 is 0. The van der Waals surface area contributed by atoms with Gasteiger partial charge in [-0.2, -0.15) is 0 Å². The molecule has 0 aliphatic heterocycles. The zero-order valence-corrected chi connectivity index (χ0v) is 13.7. The molecule has 0 aromatic heterocycles. The largest absolute Gasteiger partial charge is 0.345 e. The topological polar surface area (TPSA) is 58.2 Å². The molecule has 22 heavy (non-hydrogen) atoms. The van der Waals surface area contributed by atoms with Crippen molar-refractivity contribution < 1.29 is 9.59 Å². The fraction of sp³-hybridized carbons (Fsp3) is 0.444. The number of rotatable bonds is 5. The summed E-state index contributed by atoms with van der Waals surface area (Å²) in [5, 5.41) is 5.82. The zero-order chi connectivity index (χ0) is 16.3. The molecule has 4 nitrogen and oxygen atoms in total. The van der Waals surface area contributed by atoms with Gasteiger partial charge in [-0.05, 0) is 49.9 Å². The molecule has 2 N–H and O–H groups in total. The van der Waals surface area contributed by atoms with E-state index in [0.29, 0.717) is 17.2 Å². The quantitative estimate of drug-likeness (QED) is 0.818. The summed E-state index contributed by atoms with van der Waals surface area (Å²) in [5.41, 5.74) is 4.08. The van der Waals surface area contributed by atoms with Gasteiger partial charge in [-0.15, -0.1) is 0 Å². The minimum atomic E-state index is -0.122. The molecule has 1 aromatic rings. The summed E-state index contributed by atoms with van der Waals surface area (Å²) in [7, 11) is 0. The Morgan fingerprint density at radius 3 is 2.09 bits per heavy atom. The molecular formula is C18H24N2O2. The van der Waals surface area contributed by atoms with Crippen LogP contribution < -0.4 is 10.6 Å². The van der Waals surface area contributed by atoms with E-state index in [2.05, 4.69) is 31.4 Å². The molecule has 1 aliphatic rings. The van der Waals surface area contributed by atoms with Gasteiger partial charge in [0.1, 0.15) is 0 Å². The van der Waals surface area contributed by atoms with E-state index in [1.807, 2.05) is 0 Å². The molecule has 0 heterocycles. The molecule has 1 saturated carbocycles. The van der Waals surface area contributed by atoms with Crippen molar-refractivity contribution in [2.45, 2.75) is 46.6 Å².